The summed E-state index contributed by atoms with van der Waals surface area (Å²) in [6.45, 7) is 12.2. The maximum absolute atomic E-state index is 4.69. The number of aromatic nitrogens is 1. The first-order valence-electron chi connectivity index (χ1n) is 6.89. The second kappa shape index (κ2) is 7.02. The number of nitrogens with one attached hydrogen (secondary N) is 2. The first kappa shape index (κ1) is 16.9. The molecule has 0 unspecified atom stereocenters. The predicted molar refractivity (Wildman–Crippen MR) is 85.5 cm³/mol. The Labute approximate surface area is 127 Å². The second-order valence-corrected chi connectivity index (χ2v) is 7.06. The normalized spacial score (nSPS) is 17.3. The molecule has 19 heavy (non-hydrogen) atoms. The summed E-state index contributed by atoms with van der Waals surface area (Å²) in [4.78, 5) is 6.02. The molecule has 1 fully saturated rings. The molecule has 1 saturated heterocycles. The number of nitrogens with zero attached hydrogens (tertiary/aromatic N) is 1. The molecule has 2 N–H and O–H groups in total. The summed E-state index contributed by atoms with van der Waals surface area (Å²) < 4.78 is 0. The van der Waals surface area contributed by atoms with Crippen molar-refractivity contribution < 1.29 is 0 Å². The molecule has 0 atom stereocenters. The number of piperidine rings is 1. The fourth-order valence-electron chi connectivity index (χ4n) is 2.30. The van der Waals surface area contributed by atoms with E-state index >= 15 is 0 Å². The molecule has 3 nitrogen and oxygen atoms in total. The minimum absolute atomic E-state index is 0. The molecule has 0 saturated carbocycles. The van der Waals surface area contributed by atoms with E-state index in [9.17, 15) is 0 Å². The Bertz CT molecular complexity index is 378. The maximum atomic E-state index is 4.69. The second-order valence-electron chi connectivity index (χ2n) is 5.86. The van der Waals surface area contributed by atoms with Crippen LogP contribution in [-0.2, 0) is 5.54 Å². The Hall–Kier alpha value is -0.160. The van der Waals surface area contributed by atoms with E-state index < -0.39 is 0 Å². The van der Waals surface area contributed by atoms with Gasteiger partial charge in [0.1, 0.15) is 5.01 Å². The van der Waals surface area contributed by atoms with E-state index in [-0.39, 0.29) is 17.9 Å². The minimum Gasteiger partial charge on any atom is -0.317 e. The molecule has 5 heteroatoms. The molecule has 0 bridgehead atoms. The predicted octanol–water partition coefficient (Wildman–Crippen LogP) is 3.01. The standard InChI is InChI=1S/C14H25N3S.ClH/c1-10-11(2)18-13(17-10)14(3,4)16-9-12-5-7-15-8-6-12;/h12,15-16H,5-9H2,1-4H3;1H. The number of rotatable bonds is 4. The lowest BCUT2D eigenvalue weighted by Gasteiger charge is -2.29. The van der Waals surface area contributed by atoms with E-state index in [0.29, 0.717) is 0 Å². The van der Waals surface area contributed by atoms with Crippen LogP contribution in [0.3, 0.4) is 0 Å². The van der Waals surface area contributed by atoms with Gasteiger partial charge >= 0.3 is 0 Å². The summed E-state index contributed by atoms with van der Waals surface area (Å²) >= 11 is 1.82. The van der Waals surface area contributed by atoms with Gasteiger partial charge in [-0.25, -0.2) is 4.98 Å². The molecule has 2 heterocycles. The first-order chi connectivity index (χ1) is 8.49. The fourth-order valence-corrected chi connectivity index (χ4v) is 3.29. The lowest BCUT2D eigenvalue weighted by molar-refractivity contribution is 0.304. The van der Waals surface area contributed by atoms with Crippen LogP contribution in [0.15, 0.2) is 0 Å². The van der Waals surface area contributed by atoms with Gasteiger partial charge < -0.3 is 10.6 Å². The van der Waals surface area contributed by atoms with Crippen molar-refractivity contribution in [1.29, 1.82) is 0 Å². The van der Waals surface area contributed by atoms with E-state index in [0.717, 1.165) is 12.5 Å². The monoisotopic (exact) mass is 303 g/mol. The quantitative estimate of drug-likeness (QED) is 0.898. The van der Waals surface area contributed by atoms with Crippen LogP contribution in [0, 0.1) is 19.8 Å². The zero-order valence-electron chi connectivity index (χ0n) is 12.4. The number of hydrogen-bond acceptors (Lipinski definition) is 4. The fraction of sp³-hybridized carbons (Fsp3) is 0.786. The summed E-state index contributed by atoms with van der Waals surface area (Å²) in [6.07, 6.45) is 2.58. The largest absolute Gasteiger partial charge is 0.317 e. The SMILES string of the molecule is Cc1nc(C(C)(C)NCC2CCNCC2)sc1C.Cl. The van der Waals surface area contributed by atoms with Crippen LogP contribution in [-0.4, -0.2) is 24.6 Å². The average Bonchev–Trinajstić information content (AvgIpc) is 2.70. The Balaban J connectivity index is 0.00000180. The Morgan fingerprint density at radius 2 is 1.95 bits per heavy atom. The molecule has 1 aromatic rings. The van der Waals surface area contributed by atoms with Crippen molar-refractivity contribution in [2.45, 2.75) is 46.1 Å². The van der Waals surface area contributed by atoms with Crippen molar-refractivity contribution in [3.8, 4) is 0 Å². The topological polar surface area (TPSA) is 37.0 Å². The molecule has 110 valence electrons. The van der Waals surface area contributed by atoms with Crippen molar-refractivity contribution in [2.24, 2.45) is 5.92 Å². The van der Waals surface area contributed by atoms with E-state index in [1.165, 1.54) is 41.5 Å². The van der Waals surface area contributed by atoms with E-state index in [2.05, 4.69) is 43.3 Å². The minimum atomic E-state index is -0.00539. The summed E-state index contributed by atoms with van der Waals surface area (Å²) in [5.74, 6) is 0.813. The van der Waals surface area contributed by atoms with Crippen LogP contribution in [0.25, 0.3) is 0 Å². The summed E-state index contributed by atoms with van der Waals surface area (Å²) in [5, 5.41) is 8.34. The molecule has 2 rings (SSSR count). The van der Waals surface area contributed by atoms with Gasteiger partial charge in [0.25, 0.3) is 0 Å². The molecule has 1 aliphatic heterocycles. The molecule has 0 aliphatic carbocycles. The highest BCUT2D eigenvalue weighted by molar-refractivity contribution is 7.11. The molecular formula is C14H26ClN3S. The molecule has 1 aromatic heterocycles. The highest BCUT2D eigenvalue weighted by Crippen LogP contribution is 2.27. The van der Waals surface area contributed by atoms with Crippen molar-refractivity contribution in [1.82, 2.24) is 15.6 Å². The first-order valence-corrected chi connectivity index (χ1v) is 7.71. The summed E-state index contributed by atoms with van der Waals surface area (Å²) in [6, 6.07) is 0. The third-order valence-electron chi connectivity index (χ3n) is 3.85. The Morgan fingerprint density at radius 3 is 2.47 bits per heavy atom. The van der Waals surface area contributed by atoms with Crippen LogP contribution in [0.4, 0.5) is 0 Å². The van der Waals surface area contributed by atoms with Crippen LogP contribution in [0.2, 0.25) is 0 Å². The van der Waals surface area contributed by atoms with E-state index in [4.69, 9.17) is 0 Å². The van der Waals surface area contributed by atoms with Gasteiger partial charge in [0, 0.05) is 4.88 Å². The molecule has 0 amide bonds. The number of thiazole rings is 1. The van der Waals surface area contributed by atoms with Crippen LogP contribution in [0.5, 0.6) is 0 Å². The zero-order chi connectivity index (χ0) is 13.2. The lowest BCUT2D eigenvalue weighted by atomic mass is 9.96. The van der Waals surface area contributed by atoms with Gasteiger partial charge in [0.05, 0.1) is 11.2 Å². The van der Waals surface area contributed by atoms with Crippen molar-refractivity contribution in [3.63, 3.8) is 0 Å². The van der Waals surface area contributed by atoms with Crippen molar-refractivity contribution in [2.75, 3.05) is 19.6 Å². The number of aryl methyl sites for hydroxylation is 2. The Kier molecular flexibility index (Phi) is 6.24. The van der Waals surface area contributed by atoms with Crippen molar-refractivity contribution >= 4 is 23.7 Å². The van der Waals surface area contributed by atoms with Crippen molar-refractivity contribution in [3.05, 3.63) is 15.6 Å². The molecular weight excluding hydrogens is 278 g/mol. The zero-order valence-corrected chi connectivity index (χ0v) is 14.0. The lowest BCUT2D eigenvalue weighted by Crippen LogP contribution is -2.42. The third-order valence-corrected chi connectivity index (χ3v) is 5.25. The van der Waals surface area contributed by atoms with Gasteiger partial charge in [-0.05, 0) is 66.1 Å². The average molecular weight is 304 g/mol. The molecule has 0 spiro atoms. The van der Waals surface area contributed by atoms with Gasteiger partial charge in [0.2, 0.25) is 0 Å². The smallest absolute Gasteiger partial charge is 0.113 e. The van der Waals surface area contributed by atoms with E-state index in [1.807, 2.05) is 11.3 Å². The Morgan fingerprint density at radius 1 is 1.32 bits per heavy atom. The summed E-state index contributed by atoms with van der Waals surface area (Å²) in [7, 11) is 0. The van der Waals surface area contributed by atoms with Gasteiger partial charge in [-0.1, -0.05) is 0 Å². The highest BCUT2D eigenvalue weighted by atomic mass is 35.5. The van der Waals surface area contributed by atoms with Gasteiger partial charge in [0.15, 0.2) is 0 Å². The summed E-state index contributed by atoms with van der Waals surface area (Å²) in [5.41, 5.74) is 1.17. The van der Waals surface area contributed by atoms with Gasteiger partial charge in [-0.3, -0.25) is 0 Å². The van der Waals surface area contributed by atoms with Crippen LogP contribution >= 0.6 is 23.7 Å². The van der Waals surface area contributed by atoms with Gasteiger partial charge in [-0.15, -0.1) is 23.7 Å². The molecule has 1 aliphatic rings. The van der Waals surface area contributed by atoms with E-state index in [1.54, 1.807) is 0 Å². The molecule has 0 radical (unpaired) electrons. The third kappa shape index (κ3) is 4.42. The van der Waals surface area contributed by atoms with Gasteiger partial charge in [-0.2, -0.15) is 0 Å². The molecule has 0 aromatic carbocycles. The van der Waals surface area contributed by atoms with Crippen LogP contribution < -0.4 is 10.6 Å². The number of halogens is 1. The highest BCUT2D eigenvalue weighted by Gasteiger charge is 2.25. The maximum Gasteiger partial charge on any atom is 0.113 e. The number of hydrogen-bond donors (Lipinski definition) is 2. The van der Waals surface area contributed by atoms with Crippen LogP contribution in [0.1, 0.15) is 42.3 Å².